The maximum Gasteiger partial charge on any atom is 0.229 e. The van der Waals surface area contributed by atoms with Crippen molar-refractivity contribution < 1.29 is 0 Å². The second-order valence-corrected chi connectivity index (χ2v) is 5.37. The molecule has 0 saturated carbocycles. The SMILES string of the molecule is Cc1ccc(Nc2nccc(NCCC(C)C)n2)cc1. The van der Waals surface area contributed by atoms with Gasteiger partial charge in [-0.05, 0) is 37.5 Å². The highest BCUT2D eigenvalue weighted by Crippen LogP contribution is 2.15. The monoisotopic (exact) mass is 270 g/mol. The van der Waals surface area contributed by atoms with Crippen LogP contribution in [0.3, 0.4) is 0 Å². The van der Waals surface area contributed by atoms with E-state index in [9.17, 15) is 0 Å². The van der Waals surface area contributed by atoms with Crippen LogP contribution in [0.2, 0.25) is 0 Å². The number of aromatic nitrogens is 2. The first-order valence-corrected chi connectivity index (χ1v) is 7.04. The van der Waals surface area contributed by atoms with Gasteiger partial charge in [0.25, 0.3) is 0 Å². The summed E-state index contributed by atoms with van der Waals surface area (Å²) in [5.41, 5.74) is 2.23. The quantitative estimate of drug-likeness (QED) is 0.833. The Hall–Kier alpha value is -2.10. The van der Waals surface area contributed by atoms with Crippen LogP contribution in [0.1, 0.15) is 25.8 Å². The second kappa shape index (κ2) is 6.89. The van der Waals surface area contributed by atoms with Crippen molar-refractivity contribution in [3.05, 3.63) is 42.1 Å². The first-order valence-electron chi connectivity index (χ1n) is 7.04. The van der Waals surface area contributed by atoms with Crippen molar-refractivity contribution in [2.45, 2.75) is 27.2 Å². The maximum absolute atomic E-state index is 4.45. The van der Waals surface area contributed by atoms with Crippen LogP contribution in [0, 0.1) is 12.8 Å². The topological polar surface area (TPSA) is 49.8 Å². The molecule has 0 atom stereocenters. The molecule has 0 saturated heterocycles. The Bertz CT molecular complexity index is 534. The zero-order valence-electron chi connectivity index (χ0n) is 12.4. The number of rotatable bonds is 6. The molecular formula is C16H22N4. The molecular weight excluding hydrogens is 248 g/mol. The van der Waals surface area contributed by atoms with Gasteiger partial charge in [0.15, 0.2) is 0 Å². The van der Waals surface area contributed by atoms with E-state index in [2.05, 4.69) is 53.5 Å². The van der Waals surface area contributed by atoms with Gasteiger partial charge >= 0.3 is 0 Å². The molecule has 106 valence electrons. The second-order valence-electron chi connectivity index (χ2n) is 5.37. The number of aryl methyl sites for hydroxylation is 1. The van der Waals surface area contributed by atoms with Crippen molar-refractivity contribution in [1.82, 2.24) is 9.97 Å². The summed E-state index contributed by atoms with van der Waals surface area (Å²) < 4.78 is 0. The van der Waals surface area contributed by atoms with Crippen LogP contribution in [0.25, 0.3) is 0 Å². The lowest BCUT2D eigenvalue weighted by Crippen LogP contribution is -2.07. The van der Waals surface area contributed by atoms with Crippen LogP contribution in [0.4, 0.5) is 17.5 Å². The van der Waals surface area contributed by atoms with Crippen LogP contribution >= 0.6 is 0 Å². The molecule has 0 aliphatic heterocycles. The van der Waals surface area contributed by atoms with Crippen LogP contribution in [0.15, 0.2) is 36.5 Å². The van der Waals surface area contributed by atoms with Gasteiger partial charge in [-0.1, -0.05) is 31.5 Å². The van der Waals surface area contributed by atoms with Gasteiger partial charge in [-0.25, -0.2) is 4.98 Å². The largest absolute Gasteiger partial charge is 0.370 e. The number of nitrogens with zero attached hydrogens (tertiary/aromatic N) is 2. The molecule has 0 unspecified atom stereocenters. The fraction of sp³-hybridized carbons (Fsp3) is 0.375. The van der Waals surface area contributed by atoms with Gasteiger partial charge in [0.2, 0.25) is 5.95 Å². The molecule has 0 bridgehead atoms. The zero-order valence-corrected chi connectivity index (χ0v) is 12.4. The van der Waals surface area contributed by atoms with E-state index in [0.29, 0.717) is 11.9 Å². The number of anilines is 3. The summed E-state index contributed by atoms with van der Waals surface area (Å²) in [7, 11) is 0. The van der Waals surface area contributed by atoms with Gasteiger partial charge in [-0.3, -0.25) is 0 Å². The number of benzene rings is 1. The maximum atomic E-state index is 4.45. The van der Waals surface area contributed by atoms with E-state index < -0.39 is 0 Å². The van der Waals surface area contributed by atoms with Gasteiger partial charge in [0.05, 0.1) is 0 Å². The molecule has 0 aliphatic carbocycles. The zero-order chi connectivity index (χ0) is 14.4. The molecule has 1 aromatic carbocycles. The molecule has 0 aliphatic rings. The third-order valence-electron chi connectivity index (χ3n) is 2.99. The predicted molar refractivity (Wildman–Crippen MR) is 84.4 cm³/mol. The lowest BCUT2D eigenvalue weighted by Gasteiger charge is -2.09. The van der Waals surface area contributed by atoms with E-state index in [1.54, 1.807) is 6.20 Å². The summed E-state index contributed by atoms with van der Waals surface area (Å²) in [5, 5.41) is 6.53. The fourth-order valence-electron chi connectivity index (χ4n) is 1.77. The summed E-state index contributed by atoms with van der Waals surface area (Å²) in [6, 6.07) is 10.1. The minimum Gasteiger partial charge on any atom is -0.370 e. The summed E-state index contributed by atoms with van der Waals surface area (Å²) in [5.74, 6) is 2.16. The molecule has 1 heterocycles. The summed E-state index contributed by atoms with van der Waals surface area (Å²) in [6.45, 7) is 7.43. The van der Waals surface area contributed by atoms with E-state index in [-0.39, 0.29) is 0 Å². The van der Waals surface area contributed by atoms with E-state index in [4.69, 9.17) is 0 Å². The Kier molecular flexibility index (Phi) is 4.93. The molecule has 0 fully saturated rings. The molecule has 4 nitrogen and oxygen atoms in total. The third kappa shape index (κ3) is 4.53. The van der Waals surface area contributed by atoms with Gasteiger partial charge in [-0.2, -0.15) is 4.98 Å². The molecule has 0 radical (unpaired) electrons. The van der Waals surface area contributed by atoms with E-state index in [1.165, 1.54) is 5.56 Å². The average Bonchev–Trinajstić information content (AvgIpc) is 2.41. The van der Waals surface area contributed by atoms with Crippen molar-refractivity contribution in [1.29, 1.82) is 0 Å². The standard InChI is InChI=1S/C16H22N4/c1-12(2)8-10-17-15-9-11-18-16(20-15)19-14-6-4-13(3)5-7-14/h4-7,9,11-12H,8,10H2,1-3H3,(H2,17,18,19,20). The van der Waals surface area contributed by atoms with Gasteiger partial charge in [0.1, 0.15) is 5.82 Å². The van der Waals surface area contributed by atoms with Gasteiger partial charge in [-0.15, -0.1) is 0 Å². The van der Waals surface area contributed by atoms with Crippen LogP contribution < -0.4 is 10.6 Å². The molecule has 2 N–H and O–H groups in total. The third-order valence-corrected chi connectivity index (χ3v) is 2.99. The number of hydrogen-bond donors (Lipinski definition) is 2. The number of nitrogens with one attached hydrogen (secondary N) is 2. The van der Waals surface area contributed by atoms with Crippen molar-refractivity contribution in [3.63, 3.8) is 0 Å². The Morgan fingerprint density at radius 1 is 1.10 bits per heavy atom. The Balaban J connectivity index is 1.96. The Labute approximate surface area is 120 Å². The Morgan fingerprint density at radius 2 is 1.85 bits per heavy atom. The normalized spacial score (nSPS) is 10.6. The minimum absolute atomic E-state index is 0.614. The first-order chi connectivity index (χ1) is 9.63. The van der Waals surface area contributed by atoms with Crippen LogP contribution in [-0.4, -0.2) is 16.5 Å². The predicted octanol–water partition coefficient (Wildman–Crippen LogP) is 3.99. The van der Waals surface area contributed by atoms with Gasteiger partial charge < -0.3 is 10.6 Å². The van der Waals surface area contributed by atoms with Crippen molar-refractivity contribution >= 4 is 17.5 Å². The molecule has 0 amide bonds. The lowest BCUT2D eigenvalue weighted by atomic mass is 10.1. The number of hydrogen-bond acceptors (Lipinski definition) is 4. The van der Waals surface area contributed by atoms with E-state index >= 15 is 0 Å². The highest BCUT2D eigenvalue weighted by molar-refractivity contribution is 5.54. The van der Waals surface area contributed by atoms with Crippen LogP contribution in [0.5, 0.6) is 0 Å². The van der Waals surface area contributed by atoms with E-state index in [0.717, 1.165) is 24.5 Å². The minimum atomic E-state index is 0.614. The van der Waals surface area contributed by atoms with Crippen molar-refractivity contribution in [2.24, 2.45) is 5.92 Å². The molecule has 4 heteroatoms. The highest BCUT2D eigenvalue weighted by Gasteiger charge is 2.00. The summed E-state index contributed by atoms with van der Waals surface area (Å²) >= 11 is 0. The van der Waals surface area contributed by atoms with Crippen LogP contribution in [-0.2, 0) is 0 Å². The van der Waals surface area contributed by atoms with Crippen molar-refractivity contribution in [2.75, 3.05) is 17.2 Å². The first kappa shape index (κ1) is 14.3. The Morgan fingerprint density at radius 3 is 2.55 bits per heavy atom. The molecule has 2 rings (SSSR count). The summed E-state index contributed by atoms with van der Waals surface area (Å²) in [6.07, 6.45) is 2.89. The van der Waals surface area contributed by atoms with Crippen molar-refractivity contribution in [3.8, 4) is 0 Å². The average molecular weight is 270 g/mol. The summed E-state index contributed by atoms with van der Waals surface area (Å²) in [4.78, 5) is 8.69. The molecule has 1 aromatic heterocycles. The smallest absolute Gasteiger partial charge is 0.229 e. The van der Waals surface area contributed by atoms with E-state index in [1.807, 2.05) is 18.2 Å². The molecule has 0 spiro atoms. The van der Waals surface area contributed by atoms with Gasteiger partial charge in [0, 0.05) is 18.4 Å². The fourth-order valence-corrected chi connectivity index (χ4v) is 1.77. The molecule has 2 aromatic rings. The lowest BCUT2D eigenvalue weighted by molar-refractivity contribution is 0.606. The highest BCUT2D eigenvalue weighted by atomic mass is 15.1. The molecule has 20 heavy (non-hydrogen) atoms.